The number of para-hydroxylation sites is 2. The van der Waals surface area contributed by atoms with Gasteiger partial charge in [0.05, 0.1) is 11.4 Å². The molecule has 0 radical (unpaired) electrons. The fraction of sp³-hybridized carbons (Fsp3) is 0.125. The minimum atomic E-state index is -0.328. The van der Waals surface area contributed by atoms with Crippen LogP contribution in [0.15, 0.2) is 48.7 Å². The Kier molecular flexibility index (Phi) is 3.06. The summed E-state index contributed by atoms with van der Waals surface area (Å²) in [5.74, 6) is -0.328. The summed E-state index contributed by atoms with van der Waals surface area (Å²) in [6.45, 7) is 0.534. The van der Waals surface area contributed by atoms with Gasteiger partial charge in [-0.05, 0) is 23.8 Å². The number of hydrogen-bond donors (Lipinski definition) is 2. The number of halogens is 1. The van der Waals surface area contributed by atoms with Crippen LogP contribution in [0.3, 0.4) is 0 Å². The van der Waals surface area contributed by atoms with Crippen LogP contribution >= 0.6 is 0 Å². The molecule has 1 aromatic heterocycles. The number of aromatic nitrogens is 1. The highest BCUT2D eigenvalue weighted by atomic mass is 19.1. The maximum Gasteiger partial charge on any atom is 0.148 e. The lowest BCUT2D eigenvalue weighted by Crippen LogP contribution is -2.04. The average molecular weight is 269 g/mol. The quantitative estimate of drug-likeness (QED) is 0.714. The fourth-order valence-electron chi connectivity index (χ4n) is 2.48. The van der Waals surface area contributed by atoms with Crippen molar-refractivity contribution in [3.05, 3.63) is 60.0 Å². The van der Waals surface area contributed by atoms with Crippen molar-refractivity contribution in [1.29, 1.82) is 0 Å². The van der Waals surface area contributed by atoms with Crippen molar-refractivity contribution in [1.82, 2.24) is 4.57 Å². The largest absolute Gasteiger partial charge is 0.397 e. The molecule has 3 nitrogen and oxygen atoms in total. The second-order valence-corrected chi connectivity index (χ2v) is 4.84. The summed E-state index contributed by atoms with van der Waals surface area (Å²) in [6, 6.07) is 12.8. The van der Waals surface area contributed by atoms with Gasteiger partial charge in [-0.3, -0.25) is 0 Å². The maximum absolute atomic E-state index is 13.7. The summed E-state index contributed by atoms with van der Waals surface area (Å²) in [4.78, 5) is 0. The monoisotopic (exact) mass is 269 g/mol. The minimum Gasteiger partial charge on any atom is -0.397 e. The third-order valence-corrected chi connectivity index (χ3v) is 3.48. The van der Waals surface area contributed by atoms with E-state index in [0.717, 1.165) is 16.5 Å². The summed E-state index contributed by atoms with van der Waals surface area (Å²) in [5, 5.41) is 4.25. The van der Waals surface area contributed by atoms with Crippen molar-refractivity contribution in [3.8, 4) is 0 Å². The molecule has 0 amide bonds. The van der Waals surface area contributed by atoms with Crippen LogP contribution in [-0.4, -0.2) is 4.57 Å². The van der Waals surface area contributed by atoms with Gasteiger partial charge in [-0.1, -0.05) is 24.3 Å². The molecule has 0 aliphatic heterocycles. The normalized spacial score (nSPS) is 10.9. The number of rotatable bonds is 3. The molecule has 0 atom stereocenters. The molecule has 0 unspecified atom stereocenters. The van der Waals surface area contributed by atoms with Gasteiger partial charge in [0.2, 0.25) is 0 Å². The van der Waals surface area contributed by atoms with E-state index in [-0.39, 0.29) is 5.82 Å². The summed E-state index contributed by atoms with van der Waals surface area (Å²) < 4.78 is 15.8. The second kappa shape index (κ2) is 4.89. The summed E-state index contributed by atoms with van der Waals surface area (Å²) >= 11 is 0. The standard InChI is InChI=1S/C16H16FN3/c1-20-10-11(12-5-2-3-8-15(12)20)9-19-16-13(17)6-4-7-14(16)18/h2-8,10,19H,9,18H2,1H3. The summed E-state index contributed by atoms with van der Waals surface area (Å²) in [7, 11) is 2.00. The molecule has 0 saturated heterocycles. The van der Waals surface area contributed by atoms with Gasteiger partial charge in [0.1, 0.15) is 5.82 Å². The molecule has 20 heavy (non-hydrogen) atoms. The van der Waals surface area contributed by atoms with Gasteiger partial charge in [-0.25, -0.2) is 4.39 Å². The van der Waals surface area contributed by atoms with Crippen LogP contribution in [-0.2, 0) is 13.6 Å². The number of anilines is 2. The predicted octanol–water partition coefficient (Wildman–Crippen LogP) is 3.51. The fourth-order valence-corrected chi connectivity index (χ4v) is 2.48. The maximum atomic E-state index is 13.7. The second-order valence-electron chi connectivity index (χ2n) is 4.84. The first-order valence-electron chi connectivity index (χ1n) is 6.47. The third kappa shape index (κ3) is 2.09. The van der Waals surface area contributed by atoms with E-state index in [2.05, 4.69) is 28.2 Å². The van der Waals surface area contributed by atoms with E-state index in [0.29, 0.717) is 17.9 Å². The van der Waals surface area contributed by atoms with Gasteiger partial charge in [0, 0.05) is 30.7 Å². The van der Waals surface area contributed by atoms with Crippen LogP contribution in [0.25, 0.3) is 10.9 Å². The molecule has 0 spiro atoms. The van der Waals surface area contributed by atoms with Crippen LogP contribution in [0.4, 0.5) is 15.8 Å². The zero-order valence-corrected chi connectivity index (χ0v) is 11.2. The summed E-state index contributed by atoms with van der Waals surface area (Å²) in [5.41, 5.74) is 8.85. The molecule has 1 heterocycles. The number of nitrogens with two attached hydrogens (primary N) is 1. The Hall–Kier alpha value is -2.49. The van der Waals surface area contributed by atoms with E-state index in [1.807, 2.05) is 19.2 Å². The molecule has 0 aliphatic carbocycles. The zero-order valence-electron chi connectivity index (χ0n) is 11.2. The van der Waals surface area contributed by atoms with Crippen molar-refractivity contribution in [2.75, 3.05) is 11.1 Å². The first-order chi connectivity index (χ1) is 9.66. The summed E-state index contributed by atoms with van der Waals surface area (Å²) in [6.07, 6.45) is 2.05. The van der Waals surface area contributed by atoms with Gasteiger partial charge in [-0.15, -0.1) is 0 Å². The van der Waals surface area contributed by atoms with E-state index in [1.54, 1.807) is 12.1 Å². The van der Waals surface area contributed by atoms with Crippen molar-refractivity contribution >= 4 is 22.3 Å². The number of nitrogens with one attached hydrogen (secondary N) is 1. The smallest absolute Gasteiger partial charge is 0.148 e. The molecule has 0 fully saturated rings. The molecule has 4 heteroatoms. The first-order valence-corrected chi connectivity index (χ1v) is 6.47. The number of fused-ring (bicyclic) bond motifs is 1. The van der Waals surface area contributed by atoms with E-state index >= 15 is 0 Å². The van der Waals surface area contributed by atoms with Crippen molar-refractivity contribution in [2.24, 2.45) is 7.05 Å². The Morgan fingerprint density at radius 3 is 2.75 bits per heavy atom. The molecule has 0 saturated carbocycles. The molecular formula is C16H16FN3. The first kappa shape index (κ1) is 12.5. The van der Waals surface area contributed by atoms with Crippen molar-refractivity contribution in [3.63, 3.8) is 0 Å². The Morgan fingerprint density at radius 1 is 1.15 bits per heavy atom. The van der Waals surface area contributed by atoms with Crippen LogP contribution in [0, 0.1) is 5.82 Å². The molecule has 0 aliphatic rings. The van der Waals surface area contributed by atoms with Gasteiger partial charge >= 0.3 is 0 Å². The average Bonchev–Trinajstić information content (AvgIpc) is 2.76. The van der Waals surface area contributed by atoms with Gasteiger partial charge in [0.25, 0.3) is 0 Å². The van der Waals surface area contributed by atoms with Gasteiger partial charge in [-0.2, -0.15) is 0 Å². The Bertz CT molecular complexity index is 741. The van der Waals surface area contributed by atoms with Crippen molar-refractivity contribution in [2.45, 2.75) is 6.54 Å². The third-order valence-electron chi connectivity index (χ3n) is 3.48. The number of nitrogens with zero attached hydrogens (tertiary/aromatic N) is 1. The molecule has 0 bridgehead atoms. The van der Waals surface area contributed by atoms with Crippen LogP contribution in [0.2, 0.25) is 0 Å². The highest BCUT2D eigenvalue weighted by Crippen LogP contribution is 2.25. The SMILES string of the molecule is Cn1cc(CNc2c(N)cccc2F)c2ccccc21. The number of hydrogen-bond acceptors (Lipinski definition) is 2. The topological polar surface area (TPSA) is 43.0 Å². The zero-order chi connectivity index (χ0) is 14.1. The van der Waals surface area contributed by atoms with E-state index in [4.69, 9.17) is 5.73 Å². The number of benzene rings is 2. The minimum absolute atomic E-state index is 0.328. The van der Waals surface area contributed by atoms with Crippen molar-refractivity contribution < 1.29 is 4.39 Å². The van der Waals surface area contributed by atoms with Crippen LogP contribution in [0.5, 0.6) is 0 Å². The lowest BCUT2D eigenvalue weighted by atomic mass is 10.1. The highest BCUT2D eigenvalue weighted by molar-refractivity contribution is 5.84. The molecule has 3 rings (SSSR count). The lowest BCUT2D eigenvalue weighted by molar-refractivity contribution is 0.631. The predicted molar refractivity (Wildman–Crippen MR) is 81.1 cm³/mol. The molecule has 3 N–H and O–H groups in total. The molecule has 2 aromatic carbocycles. The Balaban J connectivity index is 1.91. The van der Waals surface area contributed by atoms with E-state index in [9.17, 15) is 4.39 Å². The van der Waals surface area contributed by atoms with Crippen LogP contribution in [0.1, 0.15) is 5.56 Å². The van der Waals surface area contributed by atoms with E-state index < -0.39 is 0 Å². The Labute approximate surface area is 116 Å². The molecule has 3 aromatic rings. The van der Waals surface area contributed by atoms with Gasteiger partial charge < -0.3 is 15.6 Å². The van der Waals surface area contributed by atoms with Crippen LogP contribution < -0.4 is 11.1 Å². The molecular weight excluding hydrogens is 253 g/mol. The number of nitrogen functional groups attached to an aromatic ring is 1. The number of aryl methyl sites for hydroxylation is 1. The molecule has 102 valence electrons. The van der Waals surface area contributed by atoms with E-state index in [1.165, 1.54) is 6.07 Å². The highest BCUT2D eigenvalue weighted by Gasteiger charge is 2.08. The van der Waals surface area contributed by atoms with Gasteiger partial charge in [0.15, 0.2) is 0 Å². The Morgan fingerprint density at radius 2 is 1.95 bits per heavy atom. The lowest BCUT2D eigenvalue weighted by Gasteiger charge is -2.09.